The number of ether oxygens (including phenoxy) is 1. The van der Waals surface area contributed by atoms with Crippen LogP contribution in [0, 0.1) is 24.7 Å². The Morgan fingerprint density at radius 2 is 1.93 bits per heavy atom. The van der Waals surface area contributed by atoms with Crippen molar-refractivity contribution in [2.75, 3.05) is 26.8 Å². The number of aryl methyl sites for hydroxylation is 1. The van der Waals surface area contributed by atoms with Gasteiger partial charge in [-0.25, -0.2) is 4.99 Å². The molecule has 1 fully saturated rings. The molecule has 162 valence electrons. The first kappa shape index (κ1) is 25.1. The summed E-state index contributed by atoms with van der Waals surface area (Å²) in [5, 5.41) is 15.3. The maximum Gasteiger partial charge on any atom is 0.191 e. The van der Waals surface area contributed by atoms with Crippen LogP contribution in [0.25, 0.3) is 0 Å². The molecule has 0 amide bonds. The Balaban J connectivity index is 0.00000392. The molecule has 0 bridgehead atoms. The van der Waals surface area contributed by atoms with Crippen molar-refractivity contribution in [1.29, 1.82) is 0 Å². The molecule has 1 aliphatic rings. The molecule has 8 heteroatoms. The number of aliphatic imine (C=N–C) groups is 1. The Hall–Kier alpha value is -0.900. The lowest BCUT2D eigenvalue weighted by Crippen LogP contribution is -2.41. The topological polar surface area (TPSA) is 76.4 Å². The van der Waals surface area contributed by atoms with Crippen LogP contribution < -0.4 is 10.6 Å². The van der Waals surface area contributed by atoms with Crippen molar-refractivity contribution < 1.29 is 4.74 Å². The zero-order valence-electron chi connectivity index (χ0n) is 18.2. The van der Waals surface area contributed by atoms with Gasteiger partial charge in [0.1, 0.15) is 12.4 Å². The highest BCUT2D eigenvalue weighted by atomic mass is 127. The number of guanidine groups is 1. The van der Waals surface area contributed by atoms with E-state index in [2.05, 4.69) is 34.7 Å². The molecule has 28 heavy (non-hydrogen) atoms. The van der Waals surface area contributed by atoms with E-state index in [1.54, 1.807) is 7.11 Å². The van der Waals surface area contributed by atoms with Gasteiger partial charge in [0.25, 0.3) is 0 Å². The molecule has 2 rings (SSSR count). The van der Waals surface area contributed by atoms with Crippen molar-refractivity contribution in [2.24, 2.45) is 29.8 Å². The normalized spacial score (nSPS) is 20.1. The number of hydrogen-bond donors (Lipinski definition) is 2. The summed E-state index contributed by atoms with van der Waals surface area (Å²) in [6, 6.07) is 0. The molecule has 2 N–H and O–H groups in total. The molecule has 0 aliphatic heterocycles. The van der Waals surface area contributed by atoms with E-state index in [1.165, 1.54) is 25.7 Å². The van der Waals surface area contributed by atoms with Gasteiger partial charge in [-0.2, -0.15) is 0 Å². The van der Waals surface area contributed by atoms with Gasteiger partial charge in [-0.15, -0.1) is 34.2 Å². The van der Waals surface area contributed by atoms with E-state index >= 15 is 0 Å². The van der Waals surface area contributed by atoms with Gasteiger partial charge in [0, 0.05) is 33.9 Å². The van der Waals surface area contributed by atoms with Crippen molar-refractivity contribution in [2.45, 2.75) is 59.4 Å². The highest BCUT2D eigenvalue weighted by Crippen LogP contribution is 2.32. The third kappa shape index (κ3) is 8.23. The highest BCUT2D eigenvalue weighted by Gasteiger charge is 2.23. The Labute approximate surface area is 187 Å². The molecule has 0 unspecified atom stereocenters. The second-order valence-electron chi connectivity index (χ2n) is 8.07. The van der Waals surface area contributed by atoms with Crippen LogP contribution in [0.15, 0.2) is 4.99 Å². The van der Waals surface area contributed by atoms with Gasteiger partial charge >= 0.3 is 0 Å². The summed E-state index contributed by atoms with van der Waals surface area (Å²) in [5.41, 5.74) is 0. The predicted octanol–water partition coefficient (Wildman–Crippen LogP) is 3.28. The Kier molecular flexibility index (Phi) is 12.0. The maximum absolute atomic E-state index is 5.13. The number of nitrogens with zero attached hydrogens (tertiary/aromatic N) is 4. The fourth-order valence-electron chi connectivity index (χ4n) is 3.64. The van der Waals surface area contributed by atoms with Crippen LogP contribution in [0.2, 0.25) is 0 Å². The maximum atomic E-state index is 5.13. The molecule has 0 radical (unpaired) electrons. The molecule has 0 spiro atoms. The summed E-state index contributed by atoms with van der Waals surface area (Å²) in [7, 11) is 3.71. The predicted molar refractivity (Wildman–Crippen MR) is 125 cm³/mol. The third-order valence-corrected chi connectivity index (χ3v) is 5.77. The lowest BCUT2D eigenvalue weighted by atomic mass is 9.77. The number of halogens is 1. The fourth-order valence-corrected chi connectivity index (χ4v) is 3.64. The molecule has 1 saturated carbocycles. The van der Waals surface area contributed by atoms with Crippen molar-refractivity contribution in [1.82, 2.24) is 25.4 Å². The SMILES string of the molecule is COCCCNC(=NCc1nnc(C)n1C)NCC1CCC(C(C)C)CC1.I. The summed E-state index contributed by atoms with van der Waals surface area (Å²) < 4.78 is 7.12. The standard InChI is InChI=1S/C20H38N6O.HI/c1-15(2)18-9-7-17(8-10-18)13-22-20(21-11-6-12-27-5)23-14-19-25-24-16(3)26(19)4;/h15,17-18H,6-14H2,1-5H3,(H2,21,22,23);1H. The van der Waals surface area contributed by atoms with E-state index in [-0.39, 0.29) is 24.0 Å². The lowest BCUT2D eigenvalue weighted by molar-refractivity contribution is 0.195. The van der Waals surface area contributed by atoms with Gasteiger partial charge in [-0.1, -0.05) is 13.8 Å². The van der Waals surface area contributed by atoms with E-state index < -0.39 is 0 Å². The minimum atomic E-state index is 0. The van der Waals surface area contributed by atoms with Gasteiger partial charge in [-0.3, -0.25) is 0 Å². The summed E-state index contributed by atoms with van der Waals surface area (Å²) in [5.74, 6) is 5.10. The number of hydrogen-bond acceptors (Lipinski definition) is 4. The third-order valence-electron chi connectivity index (χ3n) is 5.77. The average molecular weight is 506 g/mol. The van der Waals surface area contributed by atoms with Crippen molar-refractivity contribution >= 4 is 29.9 Å². The molecule has 0 aromatic carbocycles. The second kappa shape index (κ2) is 13.3. The monoisotopic (exact) mass is 506 g/mol. The molecular weight excluding hydrogens is 467 g/mol. The molecule has 1 aromatic heterocycles. The molecule has 1 aliphatic carbocycles. The van der Waals surface area contributed by atoms with Crippen LogP contribution in [0.1, 0.15) is 57.6 Å². The van der Waals surface area contributed by atoms with Gasteiger partial charge in [0.15, 0.2) is 11.8 Å². The number of aromatic nitrogens is 3. The second-order valence-corrected chi connectivity index (χ2v) is 8.07. The van der Waals surface area contributed by atoms with E-state index in [0.717, 1.165) is 61.5 Å². The summed E-state index contributed by atoms with van der Waals surface area (Å²) >= 11 is 0. The zero-order chi connectivity index (χ0) is 19.6. The molecule has 0 atom stereocenters. The first-order valence-corrected chi connectivity index (χ1v) is 10.4. The fraction of sp³-hybridized carbons (Fsp3) is 0.850. The number of nitrogens with one attached hydrogen (secondary N) is 2. The van der Waals surface area contributed by atoms with Crippen molar-refractivity contribution in [3.8, 4) is 0 Å². The van der Waals surface area contributed by atoms with Crippen LogP contribution in [0.5, 0.6) is 0 Å². The van der Waals surface area contributed by atoms with Crippen LogP contribution in [-0.4, -0.2) is 47.5 Å². The molecule has 0 saturated heterocycles. The Morgan fingerprint density at radius 1 is 1.21 bits per heavy atom. The summed E-state index contributed by atoms with van der Waals surface area (Å²) in [6.45, 7) is 9.77. The van der Waals surface area contributed by atoms with E-state index in [1.807, 2.05) is 18.5 Å². The lowest BCUT2D eigenvalue weighted by Gasteiger charge is -2.31. The summed E-state index contributed by atoms with van der Waals surface area (Å²) in [6.07, 6.45) is 6.30. The molecule has 1 aromatic rings. The van der Waals surface area contributed by atoms with E-state index in [0.29, 0.717) is 6.54 Å². The largest absolute Gasteiger partial charge is 0.385 e. The van der Waals surface area contributed by atoms with Crippen molar-refractivity contribution in [3.63, 3.8) is 0 Å². The first-order chi connectivity index (χ1) is 13.0. The van der Waals surface area contributed by atoms with Crippen LogP contribution in [0.4, 0.5) is 0 Å². The average Bonchev–Trinajstić information content (AvgIpc) is 2.99. The zero-order valence-corrected chi connectivity index (χ0v) is 20.5. The summed E-state index contributed by atoms with van der Waals surface area (Å²) in [4.78, 5) is 4.72. The minimum absolute atomic E-state index is 0. The Bertz CT molecular complexity index is 581. The molecule has 7 nitrogen and oxygen atoms in total. The number of methoxy groups -OCH3 is 1. The van der Waals surface area contributed by atoms with Gasteiger partial charge in [0.05, 0.1) is 0 Å². The van der Waals surface area contributed by atoms with Gasteiger partial charge in [-0.05, 0) is 56.8 Å². The highest BCUT2D eigenvalue weighted by molar-refractivity contribution is 14.0. The molecule has 1 heterocycles. The van der Waals surface area contributed by atoms with Crippen LogP contribution in [-0.2, 0) is 18.3 Å². The van der Waals surface area contributed by atoms with E-state index in [9.17, 15) is 0 Å². The van der Waals surface area contributed by atoms with Crippen LogP contribution in [0.3, 0.4) is 0 Å². The van der Waals surface area contributed by atoms with Gasteiger partial charge < -0.3 is 19.9 Å². The minimum Gasteiger partial charge on any atom is -0.385 e. The Morgan fingerprint density at radius 3 is 2.50 bits per heavy atom. The van der Waals surface area contributed by atoms with Crippen molar-refractivity contribution in [3.05, 3.63) is 11.6 Å². The van der Waals surface area contributed by atoms with Crippen LogP contribution >= 0.6 is 24.0 Å². The van der Waals surface area contributed by atoms with Gasteiger partial charge in [0.2, 0.25) is 0 Å². The smallest absolute Gasteiger partial charge is 0.191 e. The first-order valence-electron chi connectivity index (χ1n) is 10.4. The number of rotatable bonds is 9. The quantitative estimate of drug-likeness (QED) is 0.233. The molecular formula is C20H39IN6O. The van der Waals surface area contributed by atoms with E-state index in [4.69, 9.17) is 9.73 Å².